The summed E-state index contributed by atoms with van der Waals surface area (Å²) in [6.07, 6.45) is 0.670. The first-order valence-corrected chi connectivity index (χ1v) is 9.62. The van der Waals surface area contributed by atoms with E-state index in [-0.39, 0.29) is 17.5 Å². The summed E-state index contributed by atoms with van der Waals surface area (Å²) in [5.41, 5.74) is 4.54. The van der Waals surface area contributed by atoms with Gasteiger partial charge in [0.1, 0.15) is 16.9 Å². The van der Waals surface area contributed by atoms with Crippen molar-refractivity contribution in [3.8, 4) is 0 Å². The molecule has 0 saturated carbocycles. The number of amides is 1. The number of nitrogens with zero attached hydrogens (tertiary/aromatic N) is 3. The predicted molar refractivity (Wildman–Crippen MR) is 103 cm³/mol. The van der Waals surface area contributed by atoms with Crippen molar-refractivity contribution in [3.05, 3.63) is 71.6 Å². The van der Waals surface area contributed by atoms with Gasteiger partial charge in [0.2, 0.25) is 11.1 Å². The van der Waals surface area contributed by atoms with Crippen molar-refractivity contribution in [2.45, 2.75) is 29.8 Å². The van der Waals surface area contributed by atoms with E-state index in [4.69, 9.17) is 0 Å². The number of rotatable bonds is 4. The Hall–Kier alpha value is -2.94. The maximum absolute atomic E-state index is 13.4. The molecule has 3 aromatic rings. The number of aromatic nitrogens is 3. The lowest BCUT2D eigenvalue weighted by atomic mass is 10.0. The summed E-state index contributed by atoms with van der Waals surface area (Å²) in [4.78, 5) is 13.0. The van der Waals surface area contributed by atoms with Crippen LogP contribution in [0.25, 0.3) is 0 Å². The first kappa shape index (κ1) is 18.4. The fourth-order valence-electron chi connectivity index (χ4n) is 2.99. The molecule has 9 heteroatoms. The minimum absolute atomic E-state index is 0.272. The average Bonchev–Trinajstić information content (AvgIpc) is 3.11. The van der Waals surface area contributed by atoms with Gasteiger partial charge in [-0.2, -0.15) is 0 Å². The van der Waals surface area contributed by atoms with Crippen LogP contribution >= 0.6 is 11.8 Å². The summed E-state index contributed by atoms with van der Waals surface area (Å²) in [5.74, 6) is -0.257. The molecule has 0 bridgehead atoms. The normalized spacial score (nSPS) is 18.2. The molecule has 0 spiro atoms. The molecule has 0 unspecified atom stereocenters. The van der Waals surface area contributed by atoms with E-state index in [9.17, 15) is 13.6 Å². The zero-order valence-electron chi connectivity index (χ0n) is 14.9. The number of carbonyl (C=O) groups is 1. The lowest BCUT2D eigenvalue weighted by Crippen LogP contribution is -2.41. The van der Waals surface area contributed by atoms with Crippen molar-refractivity contribution in [2.75, 3.05) is 10.7 Å². The van der Waals surface area contributed by atoms with Gasteiger partial charge in [-0.25, -0.2) is 13.5 Å². The summed E-state index contributed by atoms with van der Waals surface area (Å²) >= 11 is 1.28. The van der Waals surface area contributed by atoms with Crippen LogP contribution in [0.3, 0.4) is 0 Å². The van der Waals surface area contributed by atoms with E-state index in [1.165, 1.54) is 48.2 Å². The number of fused-ring (bicyclic) bond motifs is 1. The van der Waals surface area contributed by atoms with E-state index in [1.807, 2.05) is 6.92 Å². The predicted octanol–water partition coefficient (Wildman–Crippen LogP) is 3.52. The smallest absolute Gasteiger partial charge is 0.240 e. The zero-order valence-corrected chi connectivity index (χ0v) is 15.7. The van der Waals surface area contributed by atoms with Gasteiger partial charge < -0.3 is 10.7 Å². The first-order valence-electron chi connectivity index (χ1n) is 8.74. The Morgan fingerprint density at radius 1 is 1.11 bits per heavy atom. The van der Waals surface area contributed by atoms with E-state index < -0.39 is 11.3 Å². The van der Waals surface area contributed by atoms with Crippen LogP contribution < -0.4 is 10.7 Å². The molecule has 4 rings (SSSR count). The lowest BCUT2D eigenvalue weighted by molar-refractivity contribution is -0.116. The van der Waals surface area contributed by atoms with E-state index in [0.29, 0.717) is 17.3 Å². The Morgan fingerprint density at radius 2 is 1.75 bits per heavy atom. The van der Waals surface area contributed by atoms with E-state index in [1.54, 1.807) is 16.8 Å². The zero-order chi connectivity index (χ0) is 19.7. The van der Waals surface area contributed by atoms with Crippen molar-refractivity contribution in [1.82, 2.24) is 14.9 Å². The van der Waals surface area contributed by atoms with Crippen LogP contribution in [0.15, 0.2) is 53.7 Å². The standard InChI is InChI=1S/C19H17F2N5OS/c1-2-15-23-24-19-26(15)25-16(11-3-5-12(20)6-4-11)17(28-19)18(27)22-14-9-7-13(21)8-10-14/h3-10,16-17,25H,2H2,1H3,(H,22,27)/t16-,17+/m0/s1. The highest BCUT2D eigenvalue weighted by Gasteiger charge is 2.37. The summed E-state index contributed by atoms with van der Waals surface area (Å²) in [6, 6.07) is 11.1. The van der Waals surface area contributed by atoms with Gasteiger partial charge in [-0.1, -0.05) is 30.8 Å². The van der Waals surface area contributed by atoms with Gasteiger partial charge in [-0.15, -0.1) is 10.2 Å². The second-order valence-corrected chi connectivity index (χ2v) is 7.39. The number of hydrogen-bond donors (Lipinski definition) is 2. The molecule has 28 heavy (non-hydrogen) atoms. The summed E-state index contributed by atoms with van der Waals surface area (Å²) in [5, 5.41) is 11.1. The van der Waals surface area contributed by atoms with Gasteiger partial charge in [0.05, 0.1) is 6.04 Å². The summed E-state index contributed by atoms with van der Waals surface area (Å²) < 4.78 is 28.3. The van der Waals surface area contributed by atoms with Gasteiger partial charge in [0, 0.05) is 12.1 Å². The van der Waals surface area contributed by atoms with Crippen molar-refractivity contribution >= 4 is 23.4 Å². The van der Waals surface area contributed by atoms with Gasteiger partial charge in [-0.3, -0.25) is 4.79 Å². The van der Waals surface area contributed by atoms with Crippen LogP contribution in [0.1, 0.15) is 24.4 Å². The monoisotopic (exact) mass is 401 g/mol. The maximum Gasteiger partial charge on any atom is 0.240 e. The van der Waals surface area contributed by atoms with E-state index in [0.717, 1.165) is 11.4 Å². The van der Waals surface area contributed by atoms with Crippen molar-refractivity contribution in [2.24, 2.45) is 0 Å². The topological polar surface area (TPSA) is 71.8 Å². The highest BCUT2D eigenvalue weighted by molar-refractivity contribution is 8.00. The highest BCUT2D eigenvalue weighted by atomic mass is 32.2. The van der Waals surface area contributed by atoms with Crippen LogP contribution in [-0.4, -0.2) is 26.0 Å². The number of nitrogens with one attached hydrogen (secondary N) is 2. The third-order valence-corrected chi connectivity index (χ3v) is 5.63. The van der Waals surface area contributed by atoms with Gasteiger partial charge >= 0.3 is 0 Å². The maximum atomic E-state index is 13.4. The highest BCUT2D eigenvalue weighted by Crippen LogP contribution is 2.37. The molecule has 1 aromatic heterocycles. The van der Waals surface area contributed by atoms with Crippen molar-refractivity contribution in [1.29, 1.82) is 0 Å². The Balaban J connectivity index is 1.66. The van der Waals surface area contributed by atoms with Crippen LogP contribution in [0.2, 0.25) is 0 Å². The van der Waals surface area contributed by atoms with Gasteiger partial charge in [-0.05, 0) is 42.0 Å². The number of aryl methyl sites for hydroxylation is 1. The fourth-order valence-corrected chi connectivity index (χ4v) is 4.09. The second-order valence-electron chi connectivity index (χ2n) is 6.28. The molecule has 2 aromatic carbocycles. The SMILES string of the molecule is CCc1nnc2n1N[C@@H](c1ccc(F)cc1)[C@H](C(=O)Nc1ccc(F)cc1)S2. The van der Waals surface area contributed by atoms with Gasteiger partial charge in [0.25, 0.3) is 0 Å². The molecule has 1 amide bonds. The Morgan fingerprint density at radius 3 is 2.39 bits per heavy atom. The number of carbonyl (C=O) groups excluding carboxylic acids is 1. The lowest BCUT2D eigenvalue weighted by Gasteiger charge is -2.33. The van der Waals surface area contributed by atoms with Crippen LogP contribution in [0.4, 0.5) is 14.5 Å². The van der Waals surface area contributed by atoms with Gasteiger partial charge in [0.15, 0.2) is 5.82 Å². The molecule has 6 nitrogen and oxygen atoms in total. The molecule has 2 atom stereocenters. The average molecular weight is 401 g/mol. The second kappa shape index (κ2) is 7.59. The Labute approximate surface area is 164 Å². The molecule has 1 aliphatic rings. The van der Waals surface area contributed by atoms with E-state index >= 15 is 0 Å². The largest absolute Gasteiger partial charge is 0.325 e. The molecule has 2 heterocycles. The van der Waals surface area contributed by atoms with Crippen molar-refractivity contribution < 1.29 is 13.6 Å². The molecule has 2 N–H and O–H groups in total. The van der Waals surface area contributed by atoms with Crippen LogP contribution in [0, 0.1) is 11.6 Å². The van der Waals surface area contributed by atoms with Crippen LogP contribution in [0.5, 0.6) is 0 Å². The quantitative estimate of drug-likeness (QED) is 0.700. The molecule has 0 fully saturated rings. The number of anilines is 1. The molecule has 0 aliphatic carbocycles. The Bertz CT molecular complexity index is 991. The summed E-state index contributed by atoms with van der Waals surface area (Å²) in [6.45, 7) is 1.96. The molecule has 144 valence electrons. The van der Waals surface area contributed by atoms with E-state index in [2.05, 4.69) is 20.9 Å². The third-order valence-electron chi connectivity index (χ3n) is 4.42. The minimum atomic E-state index is -0.586. The Kier molecular flexibility index (Phi) is 4.99. The number of thioether (sulfide) groups is 1. The number of benzene rings is 2. The van der Waals surface area contributed by atoms with Crippen molar-refractivity contribution in [3.63, 3.8) is 0 Å². The molecule has 0 radical (unpaired) electrons. The third kappa shape index (κ3) is 3.57. The summed E-state index contributed by atoms with van der Waals surface area (Å²) in [7, 11) is 0. The molecular formula is C19H17F2N5OS. The molecular weight excluding hydrogens is 384 g/mol. The first-order chi connectivity index (χ1) is 13.5. The molecule has 1 aliphatic heterocycles. The number of hydrogen-bond acceptors (Lipinski definition) is 5. The fraction of sp³-hybridized carbons (Fsp3) is 0.211. The molecule has 0 saturated heterocycles. The number of halogens is 2. The van der Waals surface area contributed by atoms with Crippen LogP contribution in [-0.2, 0) is 11.2 Å². The minimum Gasteiger partial charge on any atom is -0.325 e.